The third kappa shape index (κ3) is 2.78. The SMILES string of the molecule is CCOC(=O)CN1C(=O)C(=O)c2cc(S(N)(=O)=O)ccc21. The number of primary sulfonamides is 1. The fourth-order valence-electron chi connectivity index (χ4n) is 1.95. The molecule has 0 bridgehead atoms. The van der Waals surface area contributed by atoms with E-state index in [0.717, 1.165) is 17.0 Å². The molecule has 0 atom stereocenters. The van der Waals surface area contributed by atoms with Gasteiger partial charge in [0.2, 0.25) is 10.0 Å². The first-order chi connectivity index (χ1) is 9.75. The number of benzene rings is 1. The van der Waals surface area contributed by atoms with Crippen LogP contribution in [-0.4, -0.2) is 39.2 Å². The number of hydrogen-bond donors (Lipinski definition) is 1. The predicted molar refractivity (Wildman–Crippen MR) is 71.1 cm³/mol. The minimum atomic E-state index is -3.99. The summed E-state index contributed by atoms with van der Waals surface area (Å²) < 4.78 is 27.2. The highest BCUT2D eigenvalue weighted by Gasteiger charge is 2.37. The average Bonchev–Trinajstić information content (AvgIpc) is 2.63. The lowest BCUT2D eigenvalue weighted by Gasteiger charge is -2.15. The van der Waals surface area contributed by atoms with Crippen molar-refractivity contribution in [2.45, 2.75) is 11.8 Å². The van der Waals surface area contributed by atoms with Gasteiger partial charge in [-0.15, -0.1) is 0 Å². The summed E-state index contributed by atoms with van der Waals surface area (Å²) in [5.74, 6) is -2.47. The fraction of sp³-hybridized carbons (Fsp3) is 0.250. The van der Waals surface area contributed by atoms with E-state index in [1.807, 2.05) is 0 Å². The molecule has 8 nitrogen and oxygen atoms in total. The van der Waals surface area contributed by atoms with Crippen LogP contribution < -0.4 is 10.0 Å². The molecule has 1 aliphatic heterocycles. The van der Waals surface area contributed by atoms with Crippen LogP contribution in [0.5, 0.6) is 0 Å². The van der Waals surface area contributed by atoms with Crippen molar-refractivity contribution < 1.29 is 27.5 Å². The zero-order valence-corrected chi connectivity index (χ0v) is 11.8. The summed E-state index contributed by atoms with van der Waals surface area (Å²) in [5.41, 5.74) is 0.0567. The van der Waals surface area contributed by atoms with Crippen LogP contribution >= 0.6 is 0 Å². The lowest BCUT2D eigenvalue weighted by atomic mass is 10.1. The van der Waals surface area contributed by atoms with Crippen LogP contribution in [0.2, 0.25) is 0 Å². The number of hydrogen-bond acceptors (Lipinski definition) is 6. The summed E-state index contributed by atoms with van der Waals surface area (Å²) in [4.78, 5) is 35.8. The zero-order valence-electron chi connectivity index (χ0n) is 11.0. The number of anilines is 1. The van der Waals surface area contributed by atoms with Gasteiger partial charge in [0, 0.05) is 0 Å². The van der Waals surface area contributed by atoms with Crippen LogP contribution in [0.3, 0.4) is 0 Å². The van der Waals surface area contributed by atoms with Gasteiger partial charge in [0.05, 0.1) is 22.8 Å². The number of Topliss-reactive ketones (excluding diaryl/α,β-unsaturated/α-hetero) is 1. The van der Waals surface area contributed by atoms with Crippen molar-refractivity contribution in [2.75, 3.05) is 18.1 Å². The molecule has 1 heterocycles. The van der Waals surface area contributed by atoms with Gasteiger partial charge in [-0.1, -0.05) is 0 Å². The van der Waals surface area contributed by atoms with E-state index in [0.29, 0.717) is 0 Å². The standard InChI is InChI=1S/C12H12N2O6S/c1-2-20-10(15)6-14-9-4-3-7(21(13,18)19)5-8(9)11(16)12(14)17/h3-5H,2,6H2,1H3,(H2,13,18,19). The summed E-state index contributed by atoms with van der Waals surface area (Å²) in [6, 6.07) is 3.45. The Balaban J connectivity index is 2.42. The van der Waals surface area contributed by atoms with E-state index in [4.69, 9.17) is 9.88 Å². The molecule has 0 radical (unpaired) electrons. The lowest BCUT2D eigenvalue weighted by Crippen LogP contribution is -2.35. The van der Waals surface area contributed by atoms with Crippen LogP contribution in [-0.2, 0) is 24.3 Å². The second-order valence-electron chi connectivity index (χ2n) is 4.25. The van der Waals surface area contributed by atoms with Crippen molar-refractivity contribution in [1.82, 2.24) is 0 Å². The third-order valence-electron chi connectivity index (χ3n) is 2.86. The van der Waals surface area contributed by atoms with E-state index in [2.05, 4.69) is 0 Å². The summed E-state index contributed by atoms with van der Waals surface area (Å²) in [6.07, 6.45) is 0. The zero-order chi connectivity index (χ0) is 15.8. The largest absolute Gasteiger partial charge is 0.465 e. The molecule has 0 saturated heterocycles. The van der Waals surface area contributed by atoms with Crippen LogP contribution in [0.1, 0.15) is 17.3 Å². The Hall–Kier alpha value is -2.26. The number of amides is 1. The number of carbonyl (C=O) groups excluding carboxylic acids is 3. The van der Waals surface area contributed by atoms with E-state index in [1.165, 1.54) is 6.07 Å². The number of fused-ring (bicyclic) bond motifs is 1. The molecule has 2 rings (SSSR count). The van der Waals surface area contributed by atoms with Crippen molar-refractivity contribution in [3.8, 4) is 0 Å². The Labute approximate surface area is 120 Å². The van der Waals surface area contributed by atoms with E-state index in [-0.39, 0.29) is 22.8 Å². The molecule has 0 saturated carbocycles. The highest BCUT2D eigenvalue weighted by Crippen LogP contribution is 2.30. The van der Waals surface area contributed by atoms with E-state index in [1.54, 1.807) is 6.92 Å². The number of carbonyl (C=O) groups is 3. The van der Waals surface area contributed by atoms with E-state index in [9.17, 15) is 22.8 Å². The quantitative estimate of drug-likeness (QED) is 0.586. The molecule has 9 heteroatoms. The smallest absolute Gasteiger partial charge is 0.326 e. The van der Waals surface area contributed by atoms with Gasteiger partial charge in [-0.2, -0.15) is 0 Å². The molecule has 0 spiro atoms. The molecule has 0 aliphatic carbocycles. The number of sulfonamides is 1. The Morgan fingerprint density at radius 3 is 2.57 bits per heavy atom. The first-order valence-electron chi connectivity index (χ1n) is 5.94. The molecule has 1 aliphatic rings. The third-order valence-corrected chi connectivity index (χ3v) is 3.77. The van der Waals surface area contributed by atoms with Crippen molar-refractivity contribution in [3.63, 3.8) is 0 Å². The van der Waals surface area contributed by atoms with Crippen LogP contribution in [0.4, 0.5) is 5.69 Å². The second kappa shape index (κ2) is 5.26. The number of rotatable bonds is 4. The maximum absolute atomic E-state index is 11.9. The Kier molecular flexibility index (Phi) is 3.79. The molecule has 0 unspecified atom stereocenters. The van der Waals surface area contributed by atoms with Crippen molar-refractivity contribution >= 4 is 33.4 Å². The molecule has 1 aromatic carbocycles. The molecule has 1 aromatic rings. The Morgan fingerprint density at radius 2 is 2.00 bits per heavy atom. The van der Waals surface area contributed by atoms with E-state index >= 15 is 0 Å². The minimum absolute atomic E-state index is 0.101. The highest BCUT2D eigenvalue weighted by atomic mass is 32.2. The van der Waals surface area contributed by atoms with E-state index < -0.39 is 34.2 Å². The van der Waals surface area contributed by atoms with Crippen molar-refractivity contribution in [2.24, 2.45) is 5.14 Å². The van der Waals surface area contributed by atoms with Crippen molar-refractivity contribution in [1.29, 1.82) is 0 Å². The summed E-state index contributed by atoms with van der Waals surface area (Å²) in [7, 11) is -3.99. The number of ether oxygens (including phenoxy) is 1. The highest BCUT2D eigenvalue weighted by molar-refractivity contribution is 7.89. The topological polar surface area (TPSA) is 124 Å². The van der Waals surface area contributed by atoms with Gasteiger partial charge in [0.25, 0.3) is 11.7 Å². The molecule has 2 N–H and O–H groups in total. The monoisotopic (exact) mass is 312 g/mol. The normalized spacial score (nSPS) is 14.3. The average molecular weight is 312 g/mol. The van der Waals surface area contributed by atoms with Crippen LogP contribution in [0.15, 0.2) is 23.1 Å². The lowest BCUT2D eigenvalue weighted by molar-refractivity contribution is -0.142. The van der Waals surface area contributed by atoms with Crippen molar-refractivity contribution in [3.05, 3.63) is 23.8 Å². The van der Waals surface area contributed by atoms with Crippen LogP contribution in [0, 0.1) is 0 Å². The first kappa shape index (κ1) is 15.1. The maximum Gasteiger partial charge on any atom is 0.326 e. The molecule has 21 heavy (non-hydrogen) atoms. The summed E-state index contributed by atoms with van der Waals surface area (Å²) in [5, 5.41) is 4.97. The van der Waals surface area contributed by atoms with Gasteiger partial charge in [-0.05, 0) is 25.1 Å². The van der Waals surface area contributed by atoms with Gasteiger partial charge in [0.15, 0.2) is 0 Å². The minimum Gasteiger partial charge on any atom is -0.465 e. The molecule has 0 aromatic heterocycles. The summed E-state index contributed by atoms with van der Waals surface area (Å²) >= 11 is 0. The van der Waals surface area contributed by atoms with Gasteiger partial charge in [-0.25, -0.2) is 13.6 Å². The van der Waals surface area contributed by atoms with Gasteiger partial charge >= 0.3 is 5.97 Å². The molecule has 112 valence electrons. The number of nitrogens with two attached hydrogens (primary N) is 1. The van der Waals surface area contributed by atoms with Crippen LogP contribution in [0.25, 0.3) is 0 Å². The molecular formula is C12H12N2O6S. The fourth-order valence-corrected chi connectivity index (χ4v) is 2.49. The Morgan fingerprint density at radius 1 is 1.33 bits per heavy atom. The summed E-state index contributed by atoms with van der Waals surface area (Å²) in [6.45, 7) is 1.34. The Bertz CT molecular complexity index is 740. The molecular weight excluding hydrogens is 300 g/mol. The second-order valence-corrected chi connectivity index (χ2v) is 5.81. The van der Waals surface area contributed by atoms with Gasteiger partial charge < -0.3 is 4.74 Å². The maximum atomic E-state index is 11.9. The molecule has 0 fully saturated rings. The predicted octanol–water partition coefficient (Wildman–Crippen LogP) is -0.574. The number of ketones is 1. The van der Waals surface area contributed by atoms with Gasteiger partial charge in [-0.3, -0.25) is 19.3 Å². The first-order valence-corrected chi connectivity index (χ1v) is 7.49. The molecule has 1 amide bonds. The number of esters is 1. The van der Waals surface area contributed by atoms with Gasteiger partial charge in [0.1, 0.15) is 6.54 Å². The number of nitrogens with zero attached hydrogens (tertiary/aromatic N) is 1.